The Balaban J connectivity index is 2.16. The van der Waals surface area contributed by atoms with Gasteiger partial charge in [-0.1, -0.05) is 11.6 Å². The number of hydrogen-bond acceptors (Lipinski definition) is 4. The third kappa shape index (κ3) is 1.45. The van der Waals surface area contributed by atoms with Crippen molar-refractivity contribution in [1.29, 1.82) is 0 Å². The molecule has 13 heavy (non-hydrogen) atoms. The summed E-state index contributed by atoms with van der Waals surface area (Å²) in [5.41, 5.74) is 3.92. The second kappa shape index (κ2) is 3.43. The molecule has 72 valence electrons. The molecule has 0 bridgehead atoms. The van der Waals surface area contributed by atoms with Gasteiger partial charge >= 0.3 is 0 Å². The van der Waals surface area contributed by atoms with E-state index in [1.54, 1.807) is 10.9 Å². The number of rotatable bonds is 3. The van der Waals surface area contributed by atoms with Gasteiger partial charge in [0.25, 0.3) is 0 Å². The van der Waals surface area contributed by atoms with Gasteiger partial charge in [-0.3, -0.25) is 16.0 Å². The standard InChI is InChI=1S/C8H15N5/c1-13-7(5-10-12-13)8(11-9)6-3-2-4-6/h5-6,8,11H,2-4,9H2,1H3. The van der Waals surface area contributed by atoms with Crippen molar-refractivity contribution < 1.29 is 0 Å². The van der Waals surface area contributed by atoms with Gasteiger partial charge in [-0.2, -0.15) is 0 Å². The summed E-state index contributed by atoms with van der Waals surface area (Å²) in [4.78, 5) is 0. The van der Waals surface area contributed by atoms with Crippen molar-refractivity contribution in [3.8, 4) is 0 Å². The number of hydrogen-bond donors (Lipinski definition) is 2. The predicted molar refractivity (Wildman–Crippen MR) is 48.4 cm³/mol. The number of hydrazine groups is 1. The van der Waals surface area contributed by atoms with Gasteiger partial charge < -0.3 is 0 Å². The van der Waals surface area contributed by atoms with Crippen LogP contribution in [0.25, 0.3) is 0 Å². The Labute approximate surface area is 77.3 Å². The van der Waals surface area contributed by atoms with Gasteiger partial charge in [-0.25, -0.2) is 0 Å². The summed E-state index contributed by atoms with van der Waals surface area (Å²) in [6.07, 6.45) is 5.59. The number of nitrogens with zero attached hydrogens (tertiary/aromatic N) is 3. The molecule has 1 aromatic heterocycles. The van der Waals surface area contributed by atoms with E-state index in [-0.39, 0.29) is 6.04 Å². The van der Waals surface area contributed by atoms with Gasteiger partial charge in [0.15, 0.2) is 0 Å². The van der Waals surface area contributed by atoms with Crippen molar-refractivity contribution in [3.63, 3.8) is 0 Å². The Bertz CT molecular complexity index is 278. The number of nitrogens with two attached hydrogens (primary N) is 1. The first-order valence-corrected chi connectivity index (χ1v) is 4.63. The highest BCUT2D eigenvalue weighted by atomic mass is 15.4. The quantitative estimate of drug-likeness (QED) is 0.513. The first-order valence-electron chi connectivity index (χ1n) is 4.63. The van der Waals surface area contributed by atoms with E-state index in [2.05, 4.69) is 15.7 Å². The largest absolute Gasteiger partial charge is 0.271 e. The predicted octanol–water partition coefficient (Wildman–Crippen LogP) is 0.120. The molecule has 1 heterocycles. The lowest BCUT2D eigenvalue weighted by Crippen LogP contribution is -2.37. The fourth-order valence-corrected chi connectivity index (χ4v) is 1.82. The molecule has 5 nitrogen and oxygen atoms in total. The van der Waals surface area contributed by atoms with E-state index in [1.807, 2.05) is 7.05 Å². The zero-order chi connectivity index (χ0) is 9.26. The lowest BCUT2D eigenvalue weighted by molar-refractivity contribution is 0.224. The van der Waals surface area contributed by atoms with E-state index < -0.39 is 0 Å². The van der Waals surface area contributed by atoms with Crippen LogP contribution in [0.2, 0.25) is 0 Å². The van der Waals surface area contributed by atoms with Crippen LogP contribution in [0.15, 0.2) is 6.20 Å². The minimum Gasteiger partial charge on any atom is -0.271 e. The molecule has 0 amide bonds. The lowest BCUT2D eigenvalue weighted by atomic mass is 9.79. The molecule has 1 aliphatic rings. The Kier molecular flexibility index (Phi) is 2.28. The summed E-state index contributed by atoms with van der Waals surface area (Å²) in [6, 6.07) is 0.216. The summed E-state index contributed by atoms with van der Waals surface area (Å²) in [6.45, 7) is 0. The second-order valence-corrected chi connectivity index (χ2v) is 3.62. The van der Waals surface area contributed by atoms with Crippen molar-refractivity contribution in [2.45, 2.75) is 25.3 Å². The van der Waals surface area contributed by atoms with Crippen LogP contribution in [-0.2, 0) is 7.05 Å². The third-order valence-electron chi connectivity index (χ3n) is 2.87. The van der Waals surface area contributed by atoms with Crippen LogP contribution in [-0.4, -0.2) is 15.0 Å². The summed E-state index contributed by atoms with van der Waals surface area (Å²) >= 11 is 0. The van der Waals surface area contributed by atoms with Crippen molar-refractivity contribution in [1.82, 2.24) is 20.4 Å². The summed E-state index contributed by atoms with van der Waals surface area (Å²) in [5, 5.41) is 7.75. The topological polar surface area (TPSA) is 68.8 Å². The zero-order valence-electron chi connectivity index (χ0n) is 7.77. The van der Waals surface area contributed by atoms with Crippen LogP contribution in [0, 0.1) is 5.92 Å². The van der Waals surface area contributed by atoms with Gasteiger partial charge in [0.05, 0.1) is 17.9 Å². The summed E-state index contributed by atoms with van der Waals surface area (Å²) in [7, 11) is 1.89. The molecule has 1 aromatic rings. The SMILES string of the molecule is Cn1nncc1C(NN)C1CCC1. The Morgan fingerprint density at radius 1 is 1.69 bits per heavy atom. The molecular weight excluding hydrogens is 166 g/mol. The third-order valence-corrected chi connectivity index (χ3v) is 2.87. The monoisotopic (exact) mass is 181 g/mol. The normalized spacial score (nSPS) is 19.8. The molecule has 0 aliphatic heterocycles. The maximum Gasteiger partial charge on any atom is 0.0769 e. The second-order valence-electron chi connectivity index (χ2n) is 3.62. The molecule has 2 rings (SSSR count). The Hall–Kier alpha value is -0.940. The van der Waals surface area contributed by atoms with Crippen molar-refractivity contribution in [2.24, 2.45) is 18.8 Å². The maximum absolute atomic E-state index is 5.52. The highest BCUT2D eigenvalue weighted by Gasteiger charge is 2.29. The molecular formula is C8H15N5. The summed E-state index contributed by atoms with van der Waals surface area (Å²) in [5.74, 6) is 6.18. The molecule has 1 atom stereocenters. The zero-order valence-corrected chi connectivity index (χ0v) is 7.77. The smallest absolute Gasteiger partial charge is 0.0769 e. The average molecular weight is 181 g/mol. The lowest BCUT2D eigenvalue weighted by Gasteiger charge is -2.32. The minimum absolute atomic E-state index is 0.216. The van der Waals surface area contributed by atoms with Crippen molar-refractivity contribution in [3.05, 3.63) is 11.9 Å². The Morgan fingerprint density at radius 2 is 2.46 bits per heavy atom. The number of aromatic nitrogens is 3. The van der Waals surface area contributed by atoms with Crippen LogP contribution in [0.5, 0.6) is 0 Å². The van der Waals surface area contributed by atoms with Gasteiger partial charge in [0.2, 0.25) is 0 Å². The van der Waals surface area contributed by atoms with Crippen LogP contribution >= 0.6 is 0 Å². The summed E-state index contributed by atoms with van der Waals surface area (Å²) < 4.78 is 1.78. The molecule has 0 aromatic carbocycles. The minimum atomic E-state index is 0.216. The van der Waals surface area contributed by atoms with Crippen LogP contribution in [0.4, 0.5) is 0 Å². The fourth-order valence-electron chi connectivity index (χ4n) is 1.82. The molecule has 1 aliphatic carbocycles. The highest BCUT2D eigenvalue weighted by Crippen LogP contribution is 2.36. The Morgan fingerprint density at radius 3 is 2.85 bits per heavy atom. The molecule has 1 saturated carbocycles. The van der Waals surface area contributed by atoms with E-state index in [0.29, 0.717) is 5.92 Å². The molecule has 0 spiro atoms. The van der Waals surface area contributed by atoms with Crippen LogP contribution in [0.3, 0.4) is 0 Å². The molecule has 1 fully saturated rings. The average Bonchev–Trinajstić information content (AvgIpc) is 2.43. The van der Waals surface area contributed by atoms with Crippen LogP contribution < -0.4 is 11.3 Å². The highest BCUT2D eigenvalue weighted by molar-refractivity contribution is 5.04. The van der Waals surface area contributed by atoms with E-state index in [1.165, 1.54) is 19.3 Å². The van der Waals surface area contributed by atoms with Crippen LogP contribution in [0.1, 0.15) is 31.0 Å². The van der Waals surface area contributed by atoms with Crippen molar-refractivity contribution in [2.75, 3.05) is 0 Å². The first kappa shape index (κ1) is 8.65. The molecule has 1 unspecified atom stereocenters. The van der Waals surface area contributed by atoms with Gasteiger partial charge in [0, 0.05) is 7.05 Å². The van der Waals surface area contributed by atoms with E-state index >= 15 is 0 Å². The van der Waals surface area contributed by atoms with E-state index in [0.717, 1.165) is 5.69 Å². The molecule has 0 saturated heterocycles. The van der Waals surface area contributed by atoms with Crippen molar-refractivity contribution >= 4 is 0 Å². The fraction of sp³-hybridized carbons (Fsp3) is 0.750. The van der Waals surface area contributed by atoms with E-state index in [9.17, 15) is 0 Å². The molecule has 3 N–H and O–H groups in total. The molecule has 5 heteroatoms. The van der Waals surface area contributed by atoms with Gasteiger partial charge in [-0.15, -0.1) is 5.10 Å². The van der Waals surface area contributed by atoms with Gasteiger partial charge in [-0.05, 0) is 18.8 Å². The molecule has 0 radical (unpaired) electrons. The number of nitrogens with one attached hydrogen (secondary N) is 1. The first-order chi connectivity index (χ1) is 6.33. The van der Waals surface area contributed by atoms with E-state index in [4.69, 9.17) is 5.84 Å². The van der Waals surface area contributed by atoms with Gasteiger partial charge in [0.1, 0.15) is 0 Å². The maximum atomic E-state index is 5.52. The number of aryl methyl sites for hydroxylation is 1.